The van der Waals surface area contributed by atoms with Crippen molar-refractivity contribution < 1.29 is 8.83 Å². The molecule has 0 aliphatic carbocycles. The van der Waals surface area contributed by atoms with Crippen LogP contribution in [0.4, 0.5) is 0 Å². The van der Waals surface area contributed by atoms with E-state index in [1.54, 1.807) is 12.3 Å². The van der Waals surface area contributed by atoms with Gasteiger partial charge in [-0.1, -0.05) is 24.3 Å². The number of fused-ring (bicyclic) bond motifs is 2. The lowest BCUT2D eigenvalue weighted by Gasteiger charge is -2.03. The number of benzene rings is 2. The maximum Gasteiger partial charge on any atom is 0.222 e. The highest BCUT2D eigenvalue weighted by Gasteiger charge is 2.17. The van der Waals surface area contributed by atoms with Crippen molar-refractivity contribution in [2.45, 2.75) is 0 Å². The highest BCUT2D eigenvalue weighted by molar-refractivity contribution is 6.00. The van der Waals surface area contributed by atoms with E-state index < -0.39 is 0 Å². The molecule has 22 heavy (non-hydrogen) atoms. The Bertz CT molecular complexity index is 1100. The van der Waals surface area contributed by atoms with Crippen LogP contribution in [0, 0.1) is 22.7 Å². The first-order chi connectivity index (χ1) is 10.8. The van der Waals surface area contributed by atoms with Crippen LogP contribution in [-0.2, 0) is 0 Å². The van der Waals surface area contributed by atoms with Crippen molar-refractivity contribution in [3.05, 3.63) is 60.1 Å². The number of furan rings is 2. The SMILES string of the molecule is N#Cc1oc2cccc(-c3ccc4ccoc4c3)c2c1C#N. The predicted molar refractivity (Wildman–Crippen MR) is 80.9 cm³/mol. The lowest BCUT2D eigenvalue weighted by Crippen LogP contribution is -1.82. The molecule has 2 heterocycles. The van der Waals surface area contributed by atoms with E-state index in [4.69, 9.17) is 14.1 Å². The van der Waals surface area contributed by atoms with Gasteiger partial charge in [-0.3, -0.25) is 0 Å². The summed E-state index contributed by atoms with van der Waals surface area (Å²) in [5, 5.41) is 20.2. The van der Waals surface area contributed by atoms with Gasteiger partial charge in [-0.15, -0.1) is 0 Å². The van der Waals surface area contributed by atoms with Gasteiger partial charge in [0.05, 0.1) is 6.26 Å². The molecule has 0 N–H and O–H groups in total. The van der Waals surface area contributed by atoms with Gasteiger partial charge < -0.3 is 8.83 Å². The lowest BCUT2D eigenvalue weighted by atomic mass is 9.98. The zero-order valence-corrected chi connectivity index (χ0v) is 11.3. The van der Waals surface area contributed by atoms with Crippen molar-refractivity contribution in [1.82, 2.24) is 0 Å². The number of rotatable bonds is 1. The van der Waals surface area contributed by atoms with Crippen LogP contribution in [0.5, 0.6) is 0 Å². The fraction of sp³-hybridized carbons (Fsp3) is 0. The third-order valence-electron chi connectivity index (χ3n) is 3.70. The van der Waals surface area contributed by atoms with Crippen LogP contribution >= 0.6 is 0 Å². The normalized spacial score (nSPS) is 10.6. The molecule has 2 aromatic carbocycles. The van der Waals surface area contributed by atoms with E-state index in [0.717, 1.165) is 22.1 Å². The van der Waals surface area contributed by atoms with Crippen molar-refractivity contribution >= 4 is 21.9 Å². The minimum absolute atomic E-state index is 0.0454. The Morgan fingerprint density at radius 1 is 0.909 bits per heavy atom. The van der Waals surface area contributed by atoms with Crippen molar-refractivity contribution in [2.75, 3.05) is 0 Å². The molecule has 0 saturated carbocycles. The molecule has 0 amide bonds. The number of hydrogen-bond donors (Lipinski definition) is 0. The minimum Gasteiger partial charge on any atom is -0.464 e. The molecule has 4 heteroatoms. The quantitative estimate of drug-likeness (QED) is 0.512. The summed E-state index contributed by atoms with van der Waals surface area (Å²) < 4.78 is 10.9. The molecule has 0 radical (unpaired) electrons. The second kappa shape index (κ2) is 4.51. The van der Waals surface area contributed by atoms with E-state index in [2.05, 4.69) is 6.07 Å². The first-order valence-corrected chi connectivity index (χ1v) is 6.65. The Morgan fingerprint density at radius 2 is 1.82 bits per heavy atom. The highest BCUT2D eigenvalue weighted by Crippen LogP contribution is 2.35. The zero-order chi connectivity index (χ0) is 15.1. The van der Waals surface area contributed by atoms with Crippen LogP contribution in [0.25, 0.3) is 33.1 Å². The molecule has 0 atom stereocenters. The van der Waals surface area contributed by atoms with Gasteiger partial charge >= 0.3 is 0 Å². The first-order valence-electron chi connectivity index (χ1n) is 6.65. The molecule has 0 fully saturated rings. The highest BCUT2D eigenvalue weighted by atomic mass is 16.3. The number of nitriles is 2. The average molecular weight is 284 g/mol. The largest absolute Gasteiger partial charge is 0.464 e. The molecular weight excluding hydrogens is 276 g/mol. The van der Waals surface area contributed by atoms with Crippen LogP contribution in [0.1, 0.15) is 11.3 Å². The fourth-order valence-electron chi connectivity index (χ4n) is 2.70. The monoisotopic (exact) mass is 284 g/mol. The molecule has 4 aromatic rings. The number of nitrogens with zero attached hydrogens (tertiary/aromatic N) is 2. The lowest BCUT2D eigenvalue weighted by molar-refractivity contribution is 0.598. The van der Waals surface area contributed by atoms with E-state index in [1.165, 1.54) is 0 Å². The molecular formula is C18H8N2O2. The van der Waals surface area contributed by atoms with E-state index in [1.807, 2.05) is 42.5 Å². The predicted octanol–water partition coefficient (Wildman–Crippen LogP) is 4.59. The van der Waals surface area contributed by atoms with Crippen LogP contribution in [0.15, 0.2) is 57.6 Å². The average Bonchev–Trinajstić information content (AvgIpc) is 3.17. The smallest absolute Gasteiger partial charge is 0.222 e. The Hall–Kier alpha value is -3.50. The molecule has 0 saturated heterocycles. The topological polar surface area (TPSA) is 73.9 Å². The second-order valence-corrected chi connectivity index (χ2v) is 4.88. The summed E-state index contributed by atoms with van der Waals surface area (Å²) >= 11 is 0. The molecule has 102 valence electrons. The van der Waals surface area contributed by atoms with Gasteiger partial charge in [0.1, 0.15) is 28.9 Å². The van der Waals surface area contributed by atoms with Gasteiger partial charge in [-0.05, 0) is 29.3 Å². The minimum atomic E-state index is 0.0454. The fourth-order valence-corrected chi connectivity index (χ4v) is 2.70. The summed E-state index contributed by atoms with van der Waals surface area (Å²) in [4.78, 5) is 0. The molecule has 0 aliphatic rings. The molecule has 0 unspecified atom stereocenters. The third-order valence-corrected chi connectivity index (χ3v) is 3.70. The van der Waals surface area contributed by atoms with Gasteiger partial charge in [0.25, 0.3) is 0 Å². The first kappa shape index (κ1) is 12.3. The number of hydrogen-bond acceptors (Lipinski definition) is 4. The summed E-state index contributed by atoms with van der Waals surface area (Å²) in [6, 6.07) is 17.3. The van der Waals surface area contributed by atoms with Crippen LogP contribution < -0.4 is 0 Å². The molecule has 0 spiro atoms. The van der Waals surface area contributed by atoms with E-state index in [9.17, 15) is 5.26 Å². The summed E-state index contributed by atoms with van der Waals surface area (Å²) in [6.45, 7) is 0. The molecule has 4 rings (SSSR count). The van der Waals surface area contributed by atoms with Gasteiger partial charge in [0.2, 0.25) is 5.76 Å². The Labute approximate surface area is 125 Å². The Kier molecular flexibility index (Phi) is 2.51. The Morgan fingerprint density at radius 3 is 2.64 bits per heavy atom. The standard InChI is InChI=1S/C18H8N2O2/c19-9-14-17(10-20)22-15-3-1-2-13(18(14)15)12-5-4-11-6-7-21-16(11)8-12/h1-8H. The molecule has 0 bridgehead atoms. The van der Waals surface area contributed by atoms with E-state index in [-0.39, 0.29) is 11.3 Å². The van der Waals surface area contributed by atoms with Gasteiger partial charge in [0.15, 0.2) is 0 Å². The maximum atomic E-state index is 9.37. The summed E-state index contributed by atoms with van der Waals surface area (Å²) in [7, 11) is 0. The summed E-state index contributed by atoms with van der Waals surface area (Å²) in [5.41, 5.74) is 3.34. The Balaban J connectivity index is 2.08. The zero-order valence-electron chi connectivity index (χ0n) is 11.3. The molecule has 4 nitrogen and oxygen atoms in total. The van der Waals surface area contributed by atoms with Crippen LogP contribution in [0.2, 0.25) is 0 Å². The van der Waals surface area contributed by atoms with Crippen molar-refractivity contribution in [3.63, 3.8) is 0 Å². The molecule has 2 aromatic heterocycles. The van der Waals surface area contributed by atoms with Crippen LogP contribution in [0.3, 0.4) is 0 Å². The summed E-state index contributed by atoms with van der Waals surface area (Å²) in [6.07, 6.45) is 1.64. The van der Waals surface area contributed by atoms with Crippen LogP contribution in [-0.4, -0.2) is 0 Å². The van der Waals surface area contributed by atoms with Gasteiger partial charge in [0, 0.05) is 10.8 Å². The summed E-state index contributed by atoms with van der Waals surface area (Å²) in [5.74, 6) is 0.0454. The molecule has 0 aliphatic heterocycles. The van der Waals surface area contributed by atoms with Gasteiger partial charge in [-0.2, -0.15) is 10.5 Å². The van der Waals surface area contributed by atoms with E-state index in [0.29, 0.717) is 11.0 Å². The van der Waals surface area contributed by atoms with Crippen molar-refractivity contribution in [2.24, 2.45) is 0 Å². The van der Waals surface area contributed by atoms with E-state index >= 15 is 0 Å². The van der Waals surface area contributed by atoms with Crippen molar-refractivity contribution in [3.8, 4) is 23.3 Å². The third kappa shape index (κ3) is 1.62. The van der Waals surface area contributed by atoms with Gasteiger partial charge in [-0.25, -0.2) is 0 Å². The maximum absolute atomic E-state index is 9.37. The second-order valence-electron chi connectivity index (χ2n) is 4.88. The van der Waals surface area contributed by atoms with Crippen molar-refractivity contribution in [1.29, 1.82) is 10.5 Å².